The first kappa shape index (κ1) is 20.4. The molecule has 2 N–H and O–H groups in total. The van der Waals surface area contributed by atoms with Gasteiger partial charge in [0.1, 0.15) is 0 Å². The van der Waals surface area contributed by atoms with Crippen LogP contribution in [0.5, 0.6) is 0 Å². The Balaban J connectivity index is 0.00000264. The SMILES string of the molecule is CN=C(NCCC1=CCCCC1)NCCc1nc(C)c(C)s1.I. The smallest absolute Gasteiger partial charge is 0.191 e. The summed E-state index contributed by atoms with van der Waals surface area (Å²) in [6.45, 7) is 6.03. The zero-order valence-corrected chi connectivity index (χ0v) is 17.6. The highest BCUT2D eigenvalue weighted by molar-refractivity contribution is 14.0. The fraction of sp³-hybridized carbons (Fsp3) is 0.647. The number of thiazole rings is 1. The van der Waals surface area contributed by atoms with Crippen LogP contribution >= 0.6 is 35.3 Å². The van der Waals surface area contributed by atoms with Gasteiger partial charge in [-0.05, 0) is 46.0 Å². The first-order chi connectivity index (χ1) is 10.7. The minimum absolute atomic E-state index is 0. The normalized spacial score (nSPS) is 14.9. The predicted octanol–water partition coefficient (Wildman–Crippen LogP) is 3.98. The number of rotatable bonds is 6. The number of guanidine groups is 1. The molecule has 1 heterocycles. The summed E-state index contributed by atoms with van der Waals surface area (Å²) in [5.74, 6) is 0.890. The van der Waals surface area contributed by atoms with Crippen LogP contribution in [0.3, 0.4) is 0 Å². The van der Waals surface area contributed by atoms with E-state index in [1.54, 1.807) is 16.9 Å². The highest BCUT2D eigenvalue weighted by Gasteiger charge is 2.05. The zero-order valence-electron chi connectivity index (χ0n) is 14.4. The molecule has 0 unspecified atom stereocenters. The average molecular weight is 448 g/mol. The maximum Gasteiger partial charge on any atom is 0.191 e. The van der Waals surface area contributed by atoms with Crippen molar-refractivity contribution in [1.82, 2.24) is 15.6 Å². The van der Waals surface area contributed by atoms with Crippen LogP contribution in [0.15, 0.2) is 16.6 Å². The topological polar surface area (TPSA) is 49.3 Å². The van der Waals surface area contributed by atoms with Crippen LogP contribution in [-0.4, -0.2) is 31.1 Å². The van der Waals surface area contributed by atoms with E-state index in [-0.39, 0.29) is 24.0 Å². The molecule has 0 aromatic carbocycles. The minimum atomic E-state index is 0. The summed E-state index contributed by atoms with van der Waals surface area (Å²) in [6.07, 6.45) is 9.73. The molecule has 0 aliphatic heterocycles. The Kier molecular flexibility index (Phi) is 9.78. The minimum Gasteiger partial charge on any atom is -0.356 e. The lowest BCUT2D eigenvalue weighted by Crippen LogP contribution is -2.38. The molecule has 0 fully saturated rings. The van der Waals surface area contributed by atoms with E-state index in [2.05, 4.69) is 40.5 Å². The third-order valence-electron chi connectivity index (χ3n) is 4.05. The van der Waals surface area contributed by atoms with Gasteiger partial charge < -0.3 is 10.6 Å². The van der Waals surface area contributed by atoms with Crippen LogP contribution in [0.4, 0.5) is 0 Å². The molecule has 0 radical (unpaired) electrons. The third kappa shape index (κ3) is 7.20. The van der Waals surface area contributed by atoms with Crippen molar-refractivity contribution < 1.29 is 0 Å². The molecule has 0 atom stereocenters. The van der Waals surface area contributed by atoms with Crippen LogP contribution in [0.2, 0.25) is 0 Å². The summed E-state index contributed by atoms with van der Waals surface area (Å²) in [4.78, 5) is 10.2. The third-order valence-corrected chi connectivity index (χ3v) is 5.18. The number of nitrogens with one attached hydrogen (secondary N) is 2. The first-order valence-electron chi connectivity index (χ1n) is 8.24. The summed E-state index contributed by atoms with van der Waals surface area (Å²) >= 11 is 1.79. The van der Waals surface area contributed by atoms with Crippen molar-refractivity contribution in [2.75, 3.05) is 20.1 Å². The van der Waals surface area contributed by atoms with Gasteiger partial charge in [-0.1, -0.05) is 11.6 Å². The van der Waals surface area contributed by atoms with Crippen molar-refractivity contribution in [3.63, 3.8) is 0 Å². The van der Waals surface area contributed by atoms with E-state index in [1.165, 1.54) is 35.6 Å². The van der Waals surface area contributed by atoms with Crippen molar-refractivity contribution in [3.8, 4) is 0 Å². The maximum atomic E-state index is 4.57. The van der Waals surface area contributed by atoms with Crippen molar-refractivity contribution in [2.24, 2.45) is 4.99 Å². The summed E-state index contributed by atoms with van der Waals surface area (Å²) in [5, 5.41) is 7.97. The molecule has 23 heavy (non-hydrogen) atoms. The Morgan fingerprint density at radius 1 is 1.22 bits per heavy atom. The summed E-state index contributed by atoms with van der Waals surface area (Å²) in [7, 11) is 1.83. The molecule has 1 aliphatic rings. The molecule has 0 bridgehead atoms. The van der Waals surface area contributed by atoms with Gasteiger partial charge >= 0.3 is 0 Å². The molecule has 130 valence electrons. The fourth-order valence-corrected chi connectivity index (χ4v) is 3.56. The van der Waals surface area contributed by atoms with E-state index in [9.17, 15) is 0 Å². The standard InChI is InChI=1S/C17H28N4S.HI/c1-13-14(2)22-16(21-13)10-12-20-17(18-3)19-11-9-15-7-5-4-6-8-15;/h7H,4-6,8-12H2,1-3H3,(H2,18,19,20);1H. The number of halogens is 1. The molecular formula is C17H29IN4S. The maximum absolute atomic E-state index is 4.57. The second kappa shape index (κ2) is 11.0. The second-order valence-electron chi connectivity index (χ2n) is 5.78. The van der Waals surface area contributed by atoms with Crippen LogP contribution in [0.25, 0.3) is 0 Å². The quantitative estimate of drug-likeness (QED) is 0.300. The van der Waals surface area contributed by atoms with Crippen molar-refractivity contribution in [1.29, 1.82) is 0 Å². The average Bonchev–Trinajstić information content (AvgIpc) is 2.85. The van der Waals surface area contributed by atoms with Crippen LogP contribution in [0.1, 0.15) is 47.7 Å². The second-order valence-corrected chi connectivity index (χ2v) is 7.07. The number of hydrogen-bond acceptors (Lipinski definition) is 3. The molecule has 1 aliphatic carbocycles. The van der Waals surface area contributed by atoms with Gasteiger partial charge in [0.05, 0.1) is 10.7 Å². The fourth-order valence-electron chi connectivity index (χ4n) is 2.63. The lowest BCUT2D eigenvalue weighted by molar-refractivity contribution is 0.665. The van der Waals surface area contributed by atoms with Gasteiger partial charge in [0.25, 0.3) is 0 Å². The van der Waals surface area contributed by atoms with Gasteiger partial charge in [0.15, 0.2) is 5.96 Å². The highest BCUT2D eigenvalue weighted by Crippen LogP contribution is 2.19. The van der Waals surface area contributed by atoms with E-state index in [4.69, 9.17) is 0 Å². The van der Waals surface area contributed by atoms with E-state index in [1.807, 2.05) is 7.05 Å². The highest BCUT2D eigenvalue weighted by atomic mass is 127. The molecule has 6 heteroatoms. The lowest BCUT2D eigenvalue weighted by atomic mass is 9.97. The number of allylic oxidation sites excluding steroid dienone is 1. The van der Waals surface area contributed by atoms with Gasteiger partial charge in [-0.3, -0.25) is 4.99 Å². The summed E-state index contributed by atoms with van der Waals surface area (Å²) in [6, 6.07) is 0. The Labute approximate surface area is 161 Å². The molecule has 1 aromatic rings. The van der Waals surface area contributed by atoms with Crippen molar-refractivity contribution in [3.05, 3.63) is 27.2 Å². The molecule has 2 rings (SSSR count). The molecule has 0 amide bonds. The van der Waals surface area contributed by atoms with E-state index < -0.39 is 0 Å². The van der Waals surface area contributed by atoms with Crippen LogP contribution < -0.4 is 10.6 Å². The Bertz CT molecular complexity index is 517. The monoisotopic (exact) mass is 448 g/mol. The molecule has 0 spiro atoms. The molecular weight excluding hydrogens is 419 g/mol. The predicted molar refractivity (Wildman–Crippen MR) is 111 cm³/mol. The number of nitrogens with zero attached hydrogens (tertiary/aromatic N) is 2. The van der Waals surface area contributed by atoms with E-state index in [0.717, 1.165) is 37.6 Å². The van der Waals surface area contributed by atoms with Crippen molar-refractivity contribution in [2.45, 2.75) is 52.4 Å². The number of aliphatic imine (C=N–C) groups is 1. The number of aromatic nitrogens is 1. The molecule has 0 saturated carbocycles. The lowest BCUT2D eigenvalue weighted by Gasteiger charge is -2.15. The van der Waals surface area contributed by atoms with E-state index in [0.29, 0.717) is 0 Å². The summed E-state index contributed by atoms with van der Waals surface area (Å²) < 4.78 is 0. The van der Waals surface area contributed by atoms with Gasteiger partial charge in [0.2, 0.25) is 0 Å². The number of aryl methyl sites for hydroxylation is 2. The zero-order chi connectivity index (χ0) is 15.8. The molecule has 4 nitrogen and oxygen atoms in total. The Morgan fingerprint density at radius 3 is 2.52 bits per heavy atom. The van der Waals surface area contributed by atoms with Gasteiger partial charge in [0, 0.05) is 31.4 Å². The Hall–Kier alpha value is -0.630. The van der Waals surface area contributed by atoms with Crippen molar-refractivity contribution >= 4 is 41.3 Å². The van der Waals surface area contributed by atoms with Gasteiger partial charge in [-0.15, -0.1) is 35.3 Å². The Morgan fingerprint density at radius 2 is 1.96 bits per heavy atom. The molecule has 1 aromatic heterocycles. The van der Waals surface area contributed by atoms with Gasteiger partial charge in [-0.2, -0.15) is 0 Å². The molecule has 0 saturated heterocycles. The number of hydrogen-bond donors (Lipinski definition) is 2. The van der Waals surface area contributed by atoms with E-state index >= 15 is 0 Å². The largest absolute Gasteiger partial charge is 0.356 e. The van der Waals surface area contributed by atoms with Gasteiger partial charge in [-0.25, -0.2) is 4.98 Å². The first-order valence-corrected chi connectivity index (χ1v) is 9.06. The van der Waals surface area contributed by atoms with Crippen LogP contribution in [0, 0.1) is 13.8 Å². The summed E-state index contributed by atoms with van der Waals surface area (Å²) in [5.41, 5.74) is 2.76. The van der Waals surface area contributed by atoms with Crippen LogP contribution in [-0.2, 0) is 6.42 Å².